The van der Waals surface area contributed by atoms with Gasteiger partial charge < -0.3 is 10.5 Å². The van der Waals surface area contributed by atoms with Crippen LogP contribution in [-0.4, -0.2) is 44.3 Å². The Morgan fingerprint density at radius 1 is 1.33 bits per heavy atom. The van der Waals surface area contributed by atoms with Crippen LogP contribution in [0, 0.1) is 11.8 Å². The van der Waals surface area contributed by atoms with E-state index in [9.17, 15) is 0 Å². The van der Waals surface area contributed by atoms with E-state index in [1.165, 1.54) is 38.8 Å². The molecule has 0 radical (unpaired) electrons. The molecule has 1 saturated heterocycles. The van der Waals surface area contributed by atoms with Gasteiger partial charge in [0.1, 0.15) is 0 Å². The summed E-state index contributed by atoms with van der Waals surface area (Å²) < 4.78 is 5.26. The Morgan fingerprint density at radius 3 is 2.80 bits per heavy atom. The Morgan fingerprint density at radius 2 is 2.20 bits per heavy atom. The molecule has 2 N–H and O–H groups in total. The van der Waals surface area contributed by atoms with Gasteiger partial charge in [0.15, 0.2) is 0 Å². The second-order valence-electron chi connectivity index (χ2n) is 5.10. The van der Waals surface area contributed by atoms with E-state index < -0.39 is 0 Å². The second kappa shape index (κ2) is 5.28. The van der Waals surface area contributed by atoms with Gasteiger partial charge in [-0.2, -0.15) is 0 Å². The number of piperidine rings is 1. The molecule has 0 aromatic rings. The van der Waals surface area contributed by atoms with Gasteiger partial charge in [0.2, 0.25) is 0 Å². The summed E-state index contributed by atoms with van der Waals surface area (Å²) in [5.74, 6) is 1.52. The van der Waals surface area contributed by atoms with Crippen LogP contribution in [0.3, 0.4) is 0 Å². The molecule has 0 amide bonds. The van der Waals surface area contributed by atoms with Crippen LogP contribution in [0.15, 0.2) is 0 Å². The summed E-state index contributed by atoms with van der Waals surface area (Å²) in [6.45, 7) is 4.31. The van der Waals surface area contributed by atoms with Gasteiger partial charge >= 0.3 is 0 Å². The normalized spacial score (nSPS) is 37.6. The zero-order valence-electron chi connectivity index (χ0n) is 9.82. The highest BCUT2D eigenvalue weighted by molar-refractivity contribution is 4.91. The topological polar surface area (TPSA) is 38.5 Å². The van der Waals surface area contributed by atoms with Gasteiger partial charge in [-0.25, -0.2) is 0 Å². The van der Waals surface area contributed by atoms with Crippen molar-refractivity contribution >= 4 is 0 Å². The standard InChI is InChI=1S/C12H24N2O/c1-15-9-10-3-2-6-14(8-10)12-5-4-11(12)7-13/h10-12H,2-9,13H2,1H3. The van der Waals surface area contributed by atoms with Crippen molar-refractivity contribution < 1.29 is 4.74 Å². The summed E-state index contributed by atoms with van der Waals surface area (Å²) in [6.07, 6.45) is 5.38. The molecule has 1 heterocycles. The number of ether oxygens (including phenoxy) is 1. The summed E-state index contributed by atoms with van der Waals surface area (Å²) >= 11 is 0. The third-order valence-corrected chi connectivity index (χ3v) is 4.10. The van der Waals surface area contributed by atoms with Crippen molar-refractivity contribution in [2.45, 2.75) is 31.7 Å². The minimum Gasteiger partial charge on any atom is -0.384 e. The van der Waals surface area contributed by atoms with E-state index in [0.717, 1.165) is 31.0 Å². The maximum absolute atomic E-state index is 5.77. The lowest BCUT2D eigenvalue weighted by molar-refractivity contribution is 0.0131. The number of likely N-dealkylation sites (tertiary alicyclic amines) is 1. The van der Waals surface area contributed by atoms with E-state index in [0.29, 0.717) is 0 Å². The average Bonchev–Trinajstić information content (AvgIpc) is 2.18. The Balaban J connectivity index is 1.81. The van der Waals surface area contributed by atoms with Gasteiger partial charge in [0.05, 0.1) is 6.61 Å². The van der Waals surface area contributed by atoms with Crippen LogP contribution in [0.5, 0.6) is 0 Å². The molecule has 2 aliphatic rings. The molecule has 2 rings (SSSR count). The molecule has 3 atom stereocenters. The molecule has 0 spiro atoms. The Labute approximate surface area is 93.0 Å². The van der Waals surface area contributed by atoms with Crippen molar-refractivity contribution in [3.63, 3.8) is 0 Å². The highest BCUT2D eigenvalue weighted by atomic mass is 16.5. The van der Waals surface area contributed by atoms with Gasteiger partial charge in [-0.1, -0.05) is 0 Å². The predicted octanol–water partition coefficient (Wildman–Crippen LogP) is 1.08. The van der Waals surface area contributed by atoms with Crippen molar-refractivity contribution in [2.75, 3.05) is 33.4 Å². The summed E-state index contributed by atoms with van der Waals surface area (Å²) in [5, 5.41) is 0. The zero-order valence-corrected chi connectivity index (χ0v) is 9.82. The van der Waals surface area contributed by atoms with Crippen LogP contribution < -0.4 is 5.73 Å². The van der Waals surface area contributed by atoms with E-state index in [4.69, 9.17) is 10.5 Å². The first-order chi connectivity index (χ1) is 7.35. The fraction of sp³-hybridized carbons (Fsp3) is 1.00. The van der Waals surface area contributed by atoms with Crippen molar-refractivity contribution in [3.05, 3.63) is 0 Å². The fourth-order valence-electron chi connectivity index (χ4n) is 3.08. The molecular weight excluding hydrogens is 188 g/mol. The quantitative estimate of drug-likeness (QED) is 0.758. The number of nitrogens with zero attached hydrogens (tertiary/aromatic N) is 1. The van der Waals surface area contributed by atoms with Crippen LogP contribution in [0.25, 0.3) is 0 Å². The van der Waals surface area contributed by atoms with Crippen LogP contribution in [-0.2, 0) is 4.74 Å². The van der Waals surface area contributed by atoms with Gasteiger partial charge in [-0.3, -0.25) is 4.90 Å². The first kappa shape index (κ1) is 11.4. The molecule has 88 valence electrons. The van der Waals surface area contributed by atoms with Crippen LogP contribution >= 0.6 is 0 Å². The zero-order chi connectivity index (χ0) is 10.7. The maximum atomic E-state index is 5.77. The van der Waals surface area contributed by atoms with E-state index in [1.54, 1.807) is 0 Å². The number of hydrogen-bond acceptors (Lipinski definition) is 3. The lowest BCUT2D eigenvalue weighted by atomic mass is 9.77. The fourth-order valence-corrected chi connectivity index (χ4v) is 3.08. The molecule has 3 unspecified atom stereocenters. The summed E-state index contributed by atoms with van der Waals surface area (Å²) in [7, 11) is 1.81. The van der Waals surface area contributed by atoms with E-state index in [1.807, 2.05) is 7.11 Å². The Kier molecular flexibility index (Phi) is 4.00. The van der Waals surface area contributed by atoms with Crippen LogP contribution in [0.2, 0.25) is 0 Å². The molecule has 1 aliphatic carbocycles. The van der Waals surface area contributed by atoms with Gasteiger partial charge in [-0.05, 0) is 50.6 Å². The third kappa shape index (κ3) is 2.52. The molecule has 1 aliphatic heterocycles. The largest absolute Gasteiger partial charge is 0.384 e. The van der Waals surface area contributed by atoms with E-state index >= 15 is 0 Å². The first-order valence-corrected chi connectivity index (χ1v) is 6.28. The minimum atomic E-state index is 0.753. The molecule has 0 aromatic carbocycles. The molecule has 0 aromatic heterocycles. The van der Waals surface area contributed by atoms with Crippen molar-refractivity contribution in [2.24, 2.45) is 17.6 Å². The molecule has 2 fully saturated rings. The van der Waals surface area contributed by atoms with Crippen molar-refractivity contribution in [1.29, 1.82) is 0 Å². The van der Waals surface area contributed by atoms with Gasteiger partial charge in [0.25, 0.3) is 0 Å². The lowest BCUT2D eigenvalue weighted by Crippen LogP contribution is -2.53. The summed E-state index contributed by atoms with van der Waals surface area (Å²) in [4.78, 5) is 2.66. The SMILES string of the molecule is COCC1CCCN(C2CCC2CN)C1. The van der Waals surface area contributed by atoms with Gasteiger partial charge in [0, 0.05) is 19.7 Å². The lowest BCUT2D eigenvalue weighted by Gasteiger charge is -2.47. The smallest absolute Gasteiger partial charge is 0.0502 e. The van der Waals surface area contributed by atoms with E-state index in [2.05, 4.69) is 4.90 Å². The van der Waals surface area contributed by atoms with Crippen LogP contribution in [0.1, 0.15) is 25.7 Å². The number of hydrogen-bond donors (Lipinski definition) is 1. The van der Waals surface area contributed by atoms with E-state index in [-0.39, 0.29) is 0 Å². The summed E-state index contributed by atoms with van der Waals surface area (Å²) in [5.41, 5.74) is 5.77. The molecule has 3 heteroatoms. The highest BCUT2D eigenvalue weighted by Gasteiger charge is 2.36. The minimum absolute atomic E-state index is 0.753. The number of methoxy groups -OCH3 is 1. The molecule has 3 nitrogen and oxygen atoms in total. The molecule has 1 saturated carbocycles. The number of rotatable bonds is 4. The van der Waals surface area contributed by atoms with Crippen LogP contribution in [0.4, 0.5) is 0 Å². The Bertz CT molecular complexity index is 194. The van der Waals surface area contributed by atoms with Gasteiger partial charge in [-0.15, -0.1) is 0 Å². The third-order valence-electron chi connectivity index (χ3n) is 4.10. The predicted molar refractivity (Wildman–Crippen MR) is 61.7 cm³/mol. The summed E-state index contributed by atoms with van der Waals surface area (Å²) in [6, 6.07) is 0.787. The molecular formula is C12H24N2O. The molecule has 15 heavy (non-hydrogen) atoms. The average molecular weight is 212 g/mol. The van der Waals surface area contributed by atoms with Crippen molar-refractivity contribution in [1.82, 2.24) is 4.90 Å². The maximum Gasteiger partial charge on any atom is 0.0502 e. The molecule has 0 bridgehead atoms. The monoisotopic (exact) mass is 212 g/mol. The second-order valence-corrected chi connectivity index (χ2v) is 5.10. The number of nitrogens with two attached hydrogens (primary N) is 1. The first-order valence-electron chi connectivity index (χ1n) is 6.28. The Hall–Kier alpha value is -0.120. The highest BCUT2D eigenvalue weighted by Crippen LogP contribution is 2.33. The van der Waals surface area contributed by atoms with Crippen molar-refractivity contribution in [3.8, 4) is 0 Å².